The lowest BCUT2D eigenvalue weighted by Crippen LogP contribution is -2.38. The number of amides is 1. The van der Waals surface area contributed by atoms with Gasteiger partial charge in [0.2, 0.25) is 5.91 Å². The number of rotatable bonds is 11. The van der Waals surface area contributed by atoms with Gasteiger partial charge in [0.05, 0.1) is 25.1 Å². The van der Waals surface area contributed by atoms with Gasteiger partial charge in [-0.05, 0) is 67.8 Å². The third kappa shape index (κ3) is 7.26. The number of nitrogens with zero attached hydrogens (tertiary/aromatic N) is 2. The van der Waals surface area contributed by atoms with Crippen LogP contribution >= 0.6 is 0 Å². The van der Waals surface area contributed by atoms with Crippen LogP contribution in [0.4, 0.5) is 5.69 Å². The zero-order valence-electron chi connectivity index (χ0n) is 25.2. The molecule has 0 saturated carbocycles. The van der Waals surface area contributed by atoms with E-state index in [0.29, 0.717) is 30.8 Å². The first-order chi connectivity index (χ1) is 20.7. The highest BCUT2D eigenvalue weighted by molar-refractivity contribution is 7.80. The highest BCUT2D eigenvalue weighted by Gasteiger charge is 2.29. The molecule has 1 aliphatic heterocycles. The molecule has 0 aromatic heterocycles. The number of hydrogen-bond donors (Lipinski definition) is 1. The third-order valence-electron chi connectivity index (χ3n) is 8.14. The van der Waals surface area contributed by atoms with Crippen molar-refractivity contribution in [1.29, 1.82) is 0 Å². The topological polar surface area (TPSA) is 84.9 Å². The van der Waals surface area contributed by atoms with Gasteiger partial charge in [-0.2, -0.15) is 0 Å². The quantitative estimate of drug-likeness (QED) is 0.191. The van der Waals surface area contributed by atoms with Gasteiger partial charge in [-0.15, -0.1) is 0 Å². The van der Waals surface area contributed by atoms with Crippen LogP contribution in [0.25, 0.3) is 10.8 Å². The molecule has 4 aromatic carbocycles. The second kappa shape index (κ2) is 13.7. The van der Waals surface area contributed by atoms with Crippen LogP contribution in [0.3, 0.4) is 0 Å². The van der Waals surface area contributed by atoms with E-state index < -0.39 is 17.3 Å². The maximum Gasteiger partial charge on any atom is 0.222 e. The average Bonchev–Trinajstić information content (AvgIpc) is 2.99. The predicted molar refractivity (Wildman–Crippen MR) is 172 cm³/mol. The van der Waals surface area contributed by atoms with E-state index in [1.807, 2.05) is 66.7 Å². The number of carbonyl (C=O) groups is 1. The van der Waals surface area contributed by atoms with E-state index >= 15 is 0 Å². The summed E-state index contributed by atoms with van der Waals surface area (Å²) in [5, 5.41) is 5.13. The van der Waals surface area contributed by atoms with Crippen molar-refractivity contribution in [1.82, 2.24) is 10.2 Å². The molecule has 4 aromatic rings. The van der Waals surface area contributed by atoms with Crippen LogP contribution < -0.4 is 14.4 Å². The Labute approximate surface area is 257 Å². The van der Waals surface area contributed by atoms with Crippen LogP contribution in [0.2, 0.25) is 0 Å². The molecule has 1 amide bonds. The molecule has 43 heavy (non-hydrogen) atoms. The van der Waals surface area contributed by atoms with Crippen LogP contribution in [0.5, 0.6) is 5.75 Å². The summed E-state index contributed by atoms with van der Waals surface area (Å²) in [5.41, 5.74) is 3.36. The molecule has 7 nitrogen and oxygen atoms in total. The highest BCUT2D eigenvalue weighted by atomic mass is 32.2. The Kier molecular flexibility index (Phi) is 9.80. The van der Waals surface area contributed by atoms with Gasteiger partial charge in [-0.1, -0.05) is 72.8 Å². The fourth-order valence-electron chi connectivity index (χ4n) is 5.98. The van der Waals surface area contributed by atoms with E-state index in [0.717, 1.165) is 34.2 Å². The number of benzene rings is 4. The van der Waals surface area contributed by atoms with Crippen molar-refractivity contribution in [2.24, 2.45) is 0 Å². The van der Waals surface area contributed by atoms with Gasteiger partial charge < -0.3 is 14.6 Å². The normalized spacial score (nSPS) is 16.1. The molecule has 1 N–H and O–H groups in total. The minimum absolute atomic E-state index is 0.0344. The maximum absolute atomic E-state index is 13.7. The Morgan fingerprint density at radius 2 is 1.63 bits per heavy atom. The summed E-state index contributed by atoms with van der Waals surface area (Å²) in [5.74, 6) is 0.567. The van der Waals surface area contributed by atoms with Crippen molar-refractivity contribution in [2.45, 2.75) is 71.2 Å². The molecule has 3 atom stereocenters. The first-order valence-corrected chi connectivity index (χ1v) is 16.0. The SMILES string of the molecule is CC(C)N(Cc1ccc2c(c1)OCCC2NC(=O)CC(c1ccccc1)N(c1ccc2ccccc2c1)S(=O)[O-])C(C)C. The molecule has 8 heteroatoms. The van der Waals surface area contributed by atoms with Gasteiger partial charge in [0, 0.05) is 47.6 Å². The zero-order valence-corrected chi connectivity index (χ0v) is 26.1. The first kappa shape index (κ1) is 30.7. The Hall–Kier alpha value is -3.72. The molecule has 5 rings (SSSR count). The fraction of sp³-hybridized carbons (Fsp3) is 0.343. The Bertz CT molecular complexity index is 1570. The second-order valence-electron chi connectivity index (χ2n) is 11.7. The maximum atomic E-state index is 13.7. The molecular weight excluding hydrogens is 558 g/mol. The Morgan fingerprint density at radius 1 is 0.930 bits per heavy atom. The van der Waals surface area contributed by atoms with Gasteiger partial charge in [-0.3, -0.25) is 18.2 Å². The molecule has 0 saturated heterocycles. The molecule has 0 spiro atoms. The third-order valence-corrected chi connectivity index (χ3v) is 8.93. The number of hydrogen-bond acceptors (Lipinski definition) is 5. The zero-order chi connectivity index (χ0) is 30.5. The van der Waals surface area contributed by atoms with E-state index in [2.05, 4.69) is 56.1 Å². The second-order valence-corrected chi connectivity index (χ2v) is 12.5. The van der Waals surface area contributed by atoms with Gasteiger partial charge in [0.25, 0.3) is 0 Å². The van der Waals surface area contributed by atoms with Crippen molar-refractivity contribution in [3.05, 3.63) is 108 Å². The molecule has 1 heterocycles. The lowest BCUT2D eigenvalue weighted by atomic mass is 9.97. The molecule has 0 fully saturated rings. The summed E-state index contributed by atoms with van der Waals surface area (Å²) in [6.07, 6.45) is 0.605. The molecule has 0 bridgehead atoms. The highest BCUT2D eigenvalue weighted by Crippen LogP contribution is 2.36. The lowest BCUT2D eigenvalue weighted by molar-refractivity contribution is -0.122. The van der Waals surface area contributed by atoms with Crippen molar-refractivity contribution in [2.75, 3.05) is 10.9 Å². The molecule has 0 aliphatic carbocycles. The van der Waals surface area contributed by atoms with E-state index in [-0.39, 0.29) is 18.4 Å². The number of nitrogens with one attached hydrogen (secondary N) is 1. The summed E-state index contributed by atoms with van der Waals surface area (Å²) >= 11 is -2.62. The summed E-state index contributed by atoms with van der Waals surface area (Å²) in [6, 6.07) is 28.8. The minimum Gasteiger partial charge on any atom is -0.755 e. The summed E-state index contributed by atoms with van der Waals surface area (Å²) < 4.78 is 32.8. The number of fused-ring (bicyclic) bond motifs is 2. The molecule has 1 aliphatic rings. The molecule has 0 radical (unpaired) electrons. The summed E-state index contributed by atoms with van der Waals surface area (Å²) in [4.78, 5) is 16.1. The van der Waals surface area contributed by atoms with Crippen molar-refractivity contribution in [3.8, 4) is 5.75 Å². The van der Waals surface area contributed by atoms with Crippen molar-refractivity contribution >= 4 is 33.6 Å². The van der Waals surface area contributed by atoms with Crippen LogP contribution in [0.1, 0.15) is 69.3 Å². The van der Waals surface area contributed by atoms with Crippen LogP contribution in [-0.2, 0) is 22.6 Å². The van der Waals surface area contributed by atoms with E-state index in [1.54, 1.807) is 6.07 Å². The number of anilines is 1. The smallest absolute Gasteiger partial charge is 0.222 e. The van der Waals surface area contributed by atoms with Crippen molar-refractivity contribution in [3.63, 3.8) is 0 Å². The predicted octanol–water partition coefficient (Wildman–Crippen LogP) is 6.83. The van der Waals surface area contributed by atoms with Gasteiger partial charge in [-0.25, -0.2) is 0 Å². The number of ether oxygens (including phenoxy) is 1. The average molecular weight is 599 g/mol. The van der Waals surface area contributed by atoms with Gasteiger partial charge >= 0.3 is 0 Å². The summed E-state index contributed by atoms with van der Waals surface area (Å²) in [7, 11) is 0. The largest absolute Gasteiger partial charge is 0.755 e. The van der Waals surface area contributed by atoms with Crippen LogP contribution in [-0.4, -0.2) is 38.3 Å². The van der Waals surface area contributed by atoms with Gasteiger partial charge in [0.1, 0.15) is 5.75 Å². The molecular formula is C35H40N3O4S-. The van der Waals surface area contributed by atoms with E-state index in [1.165, 1.54) is 9.87 Å². The first-order valence-electron chi connectivity index (χ1n) is 14.9. The number of carbonyl (C=O) groups excluding carboxylic acids is 1. The molecule has 3 unspecified atom stereocenters. The fourth-order valence-corrected chi connectivity index (χ4v) is 6.67. The standard InChI is InChI=1S/C35H41N3O4S/c1-24(2)37(25(3)4)23-26-14-17-31-32(18-19-42-34(31)20-26)36-35(39)22-33(28-11-6-5-7-12-28)38(43(40)41)30-16-15-27-10-8-9-13-29(27)21-30/h5-17,20-21,24-25,32-33H,18-19,22-23H2,1-4H3,(H,36,39)(H,40,41)/p-1. The van der Waals surface area contributed by atoms with Crippen LogP contribution in [0.15, 0.2) is 91.0 Å². The Morgan fingerprint density at radius 3 is 2.33 bits per heavy atom. The van der Waals surface area contributed by atoms with E-state index in [4.69, 9.17) is 4.74 Å². The van der Waals surface area contributed by atoms with E-state index in [9.17, 15) is 13.6 Å². The monoisotopic (exact) mass is 598 g/mol. The van der Waals surface area contributed by atoms with Crippen LogP contribution in [0, 0.1) is 0 Å². The molecule has 226 valence electrons. The van der Waals surface area contributed by atoms with Gasteiger partial charge in [0.15, 0.2) is 0 Å². The lowest BCUT2D eigenvalue weighted by Gasteiger charge is -2.35. The van der Waals surface area contributed by atoms with Crippen molar-refractivity contribution < 1.29 is 18.3 Å². The Balaban J connectivity index is 1.38. The summed E-state index contributed by atoms with van der Waals surface area (Å²) in [6.45, 7) is 10.1. The minimum atomic E-state index is -2.62.